The van der Waals surface area contributed by atoms with Crippen molar-refractivity contribution in [3.05, 3.63) is 0 Å². The van der Waals surface area contributed by atoms with Crippen molar-refractivity contribution in [3.8, 4) is 0 Å². The summed E-state index contributed by atoms with van der Waals surface area (Å²) in [5, 5.41) is 8.83. The molecule has 0 aliphatic heterocycles. The molecule has 0 spiro atoms. The Hall–Kier alpha value is -0.610. The summed E-state index contributed by atoms with van der Waals surface area (Å²) < 4.78 is 0. The number of unbranched alkanes of at least 4 members (excludes halogenated alkanes) is 1. The van der Waals surface area contributed by atoms with Crippen molar-refractivity contribution < 1.29 is 9.90 Å². The maximum absolute atomic E-state index is 12.0. The van der Waals surface area contributed by atoms with Crippen LogP contribution in [0.4, 0.5) is 0 Å². The van der Waals surface area contributed by atoms with Crippen LogP contribution in [0.15, 0.2) is 0 Å². The monoisotopic (exact) mass is 228 g/mol. The van der Waals surface area contributed by atoms with E-state index in [1.165, 1.54) is 6.42 Å². The largest absolute Gasteiger partial charge is 0.396 e. The molecule has 1 saturated carbocycles. The van der Waals surface area contributed by atoms with Crippen molar-refractivity contribution in [1.29, 1.82) is 0 Å². The summed E-state index contributed by atoms with van der Waals surface area (Å²) in [7, 11) is 0. The molecule has 0 atom stereocenters. The molecule has 1 aliphatic carbocycles. The molecule has 0 unspecified atom stereocenters. The highest BCUT2D eigenvalue weighted by molar-refractivity contribution is 5.76. The van der Waals surface area contributed by atoms with Crippen LogP contribution in [0.1, 0.15) is 44.9 Å². The summed E-state index contributed by atoms with van der Waals surface area (Å²) in [6, 6.07) is 0.442. The van der Waals surface area contributed by atoms with Crippen LogP contribution >= 0.6 is 0 Å². The predicted molar refractivity (Wildman–Crippen MR) is 64.0 cm³/mol. The van der Waals surface area contributed by atoms with E-state index in [0.717, 1.165) is 25.7 Å². The average molecular weight is 228 g/mol. The van der Waals surface area contributed by atoms with Gasteiger partial charge in [0.25, 0.3) is 0 Å². The number of carbonyl (C=O) groups excluding carboxylic acids is 1. The molecule has 94 valence electrons. The van der Waals surface area contributed by atoms with Gasteiger partial charge in [-0.3, -0.25) is 4.79 Å². The molecular formula is C12H24N2O2. The zero-order valence-corrected chi connectivity index (χ0v) is 10.0. The Bertz CT molecular complexity index is 205. The maximum Gasteiger partial charge on any atom is 0.222 e. The maximum atomic E-state index is 12.0. The Morgan fingerprint density at radius 2 is 2.06 bits per heavy atom. The third-order valence-electron chi connectivity index (χ3n) is 3.24. The first-order chi connectivity index (χ1) is 7.79. The van der Waals surface area contributed by atoms with Gasteiger partial charge >= 0.3 is 0 Å². The van der Waals surface area contributed by atoms with Crippen molar-refractivity contribution in [2.45, 2.75) is 51.0 Å². The summed E-state index contributed by atoms with van der Waals surface area (Å²) in [5.74, 6) is 0.242. The zero-order chi connectivity index (χ0) is 11.8. The Kier molecular flexibility index (Phi) is 6.42. The molecule has 1 rings (SSSR count). The van der Waals surface area contributed by atoms with Gasteiger partial charge < -0.3 is 15.7 Å². The molecule has 4 heteroatoms. The number of aliphatic hydroxyl groups excluding tert-OH is 1. The van der Waals surface area contributed by atoms with Crippen LogP contribution in [-0.4, -0.2) is 41.7 Å². The number of aliphatic hydroxyl groups is 1. The van der Waals surface area contributed by atoms with Gasteiger partial charge in [0, 0.05) is 25.6 Å². The Morgan fingerprint density at radius 3 is 2.56 bits per heavy atom. The Morgan fingerprint density at radius 1 is 1.31 bits per heavy atom. The van der Waals surface area contributed by atoms with Gasteiger partial charge in [0.2, 0.25) is 5.91 Å². The normalized spacial score (nSPS) is 15.9. The standard InChI is InChI=1S/C12H24N2O2/c13-8-2-1-7-12(16)14(9-4-10-15)11-5-3-6-11/h11,15H,1-10,13H2. The SMILES string of the molecule is NCCCCC(=O)N(CCCO)C1CCC1. The smallest absolute Gasteiger partial charge is 0.222 e. The molecule has 0 bridgehead atoms. The second-order valence-electron chi connectivity index (χ2n) is 4.49. The predicted octanol–water partition coefficient (Wildman–Crippen LogP) is 0.879. The molecule has 0 aromatic rings. The summed E-state index contributed by atoms with van der Waals surface area (Å²) in [6.45, 7) is 1.54. The van der Waals surface area contributed by atoms with E-state index >= 15 is 0 Å². The van der Waals surface area contributed by atoms with Gasteiger partial charge in [0.05, 0.1) is 0 Å². The van der Waals surface area contributed by atoms with Gasteiger partial charge in [0.1, 0.15) is 0 Å². The van der Waals surface area contributed by atoms with E-state index in [1.54, 1.807) is 0 Å². The second-order valence-corrected chi connectivity index (χ2v) is 4.49. The van der Waals surface area contributed by atoms with Crippen molar-refractivity contribution in [1.82, 2.24) is 4.90 Å². The molecule has 0 saturated heterocycles. The minimum Gasteiger partial charge on any atom is -0.396 e. The first kappa shape index (κ1) is 13.5. The van der Waals surface area contributed by atoms with Gasteiger partial charge in [-0.25, -0.2) is 0 Å². The van der Waals surface area contributed by atoms with Crippen LogP contribution in [0.25, 0.3) is 0 Å². The van der Waals surface area contributed by atoms with E-state index < -0.39 is 0 Å². The molecule has 0 heterocycles. The van der Waals surface area contributed by atoms with Gasteiger partial charge in [0.15, 0.2) is 0 Å². The van der Waals surface area contributed by atoms with E-state index in [9.17, 15) is 4.79 Å². The summed E-state index contributed by atoms with van der Waals surface area (Å²) in [6.07, 6.45) is 6.61. The van der Waals surface area contributed by atoms with Crippen LogP contribution in [0.2, 0.25) is 0 Å². The van der Waals surface area contributed by atoms with Crippen molar-refractivity contribution in [3.63, 3.8) is 0 Å². The number of nitrogens with zero attached hydrogens (tertiary/aromatic N) is 1. The summed E-state index contributed by atoms with van der Waals surface area (Å²) in [4.78, 5) is 13.9. The fourth-order valence-corrected chi connectivity index (χ4v) is 2.01. The van der Waals surface area contributed by atoms with Crippen LogP contribution < -0.4 is 5.73 Å². The number of amides is 1. The highest BCUT2D eigenvalue weighted by Gasteiger charge is 2.27. The molecule has 0 aromatic heterocycles. The van der Waals surface area contributed by atoms with Gasteiger partial charge in [-0.1, -0.05) is 0 Å². The number of hydrogen-bond donors (Lipinski definition) is 2. The molecule has 1 aliphatic rings. The minimum absolute atomic E-state index is 0.166. The third-order valence-corrected chi connectivity index (χ3v) is 3.24. The minimum atomic E-state index is 0.166. The van der Waals surface area contributed by atoms with Crippen LogP contribution in [0.3, 0.4) is 0 Å². The molecular weight excluding hydrogens is 204 g/mol. The van der Waals surface area contributed by atoms with Gasteiger partial charge in [-0.2, -0.15) is 0 Å². The average Bonchev–Trinajstić information content (AvgIpc) is 2.21. The van der Waals surface area contributed by atoms with Crippen molar-refractivity contribution in [2.75, 3.05) is 19.7 Å². The van der Waals surface area contributed by atoms with E-state index in [-0.39, 0.29) is 12.5 Å². The second kappa shape index (κ2) is 7.63. The Balaban J connectivity index is 2.31. The number of rotatable bonds is 8. The number of hydrogen-bond acceptors (Lipinski definition) is 3. The lowest BCUT2D eigenvalue weighted by atomic mass is 9.91. The quantitative estimate of drug-likeness (QED) is 0.606. The molecule has 3 N–H and O–H groups in total. The molecule has 0 radical (unpaired) electrons. The molecule has 1 amide bonds. The lowest BCUT2D eigenvalue weighted by Gasteiger charge is -2.37. The highest BCUT2D eigenvalue weighted by atomic mass is 16.3. The lowest BCUT2D eigenvalue weighted by molar-refractivity contribution is -0.135. The molecule has 1 fully saturated rings. The van der Waals surface area contributed by atoms with Crippen LogP contribution in [0.5, 0.6) is 0 Å². The molecule has 4 nitrogen and oxygen atoms in total. The summed E-state index contributed by atoms with van der Waals surface area (Å²) >= 11 is 0. The summed E-state index contributed by atoms with van der Waals surface area (Å²) in [5.41, 5.74) is 5.41. The highest BCUT2D eigenvalue weighted by Crippen LogP contribution is 2.25. The first-order valence-electron chi connectivity index (χ1n) is 6.40. The van der Waals surface area contributed by atoms with E-state index in [0.29, 0.717) is 32.0 Å². The Labute approximate surface area is 97.8 Å². The molecule has 16 heavy (non-hydrogen) atoms. The van der Waals surface area contributed by atoms with Crippen molar-refractivity contribution in [2.24, 2.45) is 5.73 Å². The van der Waals surface area contributed by atoms with E-state index in [2.05, 4.69) is 0 Å². The molecule has 0 aromatic carbocycles. The van der Waals surface area contributed by atoms with Crippen molar-refractivity contribution >= 4 is 5.91 Å². The fourth-order valence-electron chi connectivity index (χ4n) is 2.01. The third kappa shape index (κ3) is 4.10. The van der Waals surface area contributed by atoms with Crippen LogP contribution in [-0.2, 0) is 4.79 Å². The van der Waals surface area contributed by atoms with Crippen LogP contribution in [0, 0.1) is 0 Å². The lowest BCUT2D eigenvalue weighted by Crippen LogP contribution is -2.44. The fraction of sp³-hybridized carbons (Fsp3) is 0.917. The van der Waals surface area contributed by atoms with E-state index in [1.807, 2.05) is 4.90 Å². The topological polar surface area (TPSA) is 66.6 Å². The first-order valence-corrected chi connectivity index (χ1v) is 6.40. The van der Waals surface area contributed by atoms with E-state index in [4.69, 9.17) is 10.8 Å². The van der Waals surface area contributed by atoms with Gasteiger partial charge in [-0.15, -0.1) is 0 Å². The number of carbonyl (C=O) groups is 1. The number of nitrogens with two attached hydrogens (primary N) is 1. The zero-order valence-electron chi connectivity index (χ0n) is 10.0. The van der Waals surface area contributed by atoms with Gasteiger partial charge in [-0.05, 0) is 45.1 Å².